The smallest absolute Gasteiger partial charge is 0.123 e. The van der Waals surface area contributed by atoms with Crippen LogP contribution in [0.3, 0.4) is 0 Å². The highest BCUT2D eigenvalue weighted by molar-refractivity contribution is 5.37. The molecule has 1 fully saturated rings. The third-order valence-corrected chi connectivity index (χ3v) is 4.52. The fraction of sp³-hybridized carbons (Fsp3) is 0.667. The third-order valence-electron chi connectivity index (χ3n) is 4.52. The summed E-state index contributed by atoms with van der Waals surface area (Å²) in [4.78, 5) is 0. The average molecular weight is 291 g/mol. The van der Waals surface area contributed by atoms with E-state index in [4.69, 9.17) is 9.47 Å². The molecule has 0 amide bonds. The van der Waals surface area contributed by atoms with Gasteiger partial charge in [0.25, 0.3) is 0 Å². The molecule has 0 heterocycles. The van der Waals surface area contributed by atoms with Crippen LogP contribution >= 0.6 is 0 Å². The van der Waals surface area contributed by atoms with Crippen LogP contribution in [0, 0.1) is 0 Å². The lowest BCUT2D eigenvalue weighted by molar-refractivity contribution is -0.0913. The Morgan fingerprint density at radius 3 is 2.48 bits per heavy atom. The van der Waals surface area contributed by atoms with Crippen molar-refractivity contribution in [3.8, 4) is 5.75 Å². The molecule has 1 aliphatic rings. The van der Waals surface area contributed by atoms with Gasteiger partial charge >= 0.3 is 0 Å². The molecule has 1 atom stereocenters. The molecule has 0 saturated heterocycles. The van der Waals surface area contributed by atoms with Crippen molar-refractivity contribution in [1.29, 1.82) is 0 Å². The van der Waals surface area contributed by atoms with Gasteiger partial charge in [0, 0.05) is 12.2 Å². The predicted octanol–water partition coefficient (Wildman–Crippen LogP) is 4.09. The molecule has 21 heavy (non-hydrogen) atoms. The Labute approximate surface area is 129 Å². The predicted molar refractivity (Wildman–Crippen MR) is 86.9 cm³/mol. The molecule has 0 aromatic heterocycles. The lowest BCUT2D eigenvalue weighted by atomic mass is 9.76. The number of likely N-dealkylation sites (N-methyl/N-ethyl adjacent to an activating group) is 1. The summed E-state index contributed by atoms with van der Waals surface area (Å²) in [6, 6.07) is 8.52. The first-order valence-corrected chi connectivity index (χ1v) is 8.27. The van der Waals surface area contributed by atoms with Crippen LogP contribution in [0.25, 0.3) is 0 Å². The molecule has 1 aromatic carbocycles. The lowest BCUT2D eigenvalue weighted by Crippen LogP contribution is -2.47. The van der Waals surface area contributed by atoms with E-state index in [2.05, 4.69) is 31.3 Å². The van der Waals surface area contributed by atoms with Gasteiger partial charge in [-0.2, -0.15) is 0 Å². The molecule has 0 radical (unpaired) electrons. The number of hydrogen-bond donors (Lipinski definition) is 1. The van der Waals surface area contributed by atoms with Crippen LogP contribution in [0.4, 0.5) is 0 Å². The summed E-state index contributed by atoms with van der Waals surface area (Å²) in [5.74, 6) is 0.952. The zero-order chi connectivity index (χ0) is 15.1. The van der Waals surface area contributed by atoms with Crippen LogP contribution in [0.2, 0.25) is 0 Å². The topological polar surface area (TPSA) is 30.5 Å². The molecule has 1 unspecified atom stereocenters. The molecule has 1 N–H and O–H groups in total. The van der Waals surface area contributed by atoms with Crippen LogP contribution in [0.5, 0.6) is 5.75 Å². The molecule has 1 saturated carbocycles. The van der Waals surface area contributed by atoms with E-state index in [-0.39, 0.29) is 11.6 Å². The van der Waals surface area contributed by atoms with E-state index in [1.807, 2.05) is 12.1 Å². The fourth-order valence-electron chi connectivity index (χ4n) is 3.64. The van der Waals surface area contributed by atoms with E-state index in [1.165, 1.54) is 24.8 Å². The number of benzene rings is 1. The normalized spacial score (nSPS) is 19.2. The van der Waals surface area contributed by atoms with Crippen molar-refractivity contribution in [1.82, 2.24) is 5.32 Å². The largest absolute Gasteiger partial charge is 0.496 e. The summed E-state index contributed by atoms with van der Waals surface area (Å²) in [6.07, 6.45) is 6.06. The Hall–Kier alpha value is -1.06. The summed E-state index contributed by atoms with van der Waals surface area (Å²) >= 11 is 0. The van der Waals surface area contributed by atoms with Gasteiger partial charge in [0.05, 0.1) is 18.8 Å². The van der Waals surface area contributed by atoms with Crippen molar-refractivity contribution in [3.63, 3.8) is 0 Å². The van der Waals surface area contributed by atoms with Crippen molar-refractivity contribution in [2.24, 2.45) is 0 Å². The minimum atomic E-state index is -0.0996. The Balaban J connectivity index is 2.39. The van der Waals surface area contributed by atoms with Gasteiger partial charge in [-0.05, 0) is 32.4 Å². The highest BCUT2D eigenvalue weighted by Crippen LogP contribution is 2.43. The number of rotatable bonds is 7. The summed E-state index contributed by atoms with van der Waals surface area (Å²) in [7, 11) is 1.75. The maximum atomic E-state index is 6.32. The lowest BCUT2D eigenvalue weighted by Gasteiger charge is -2.44. The Kier molecular flexibility index (Phi) is 6.07. The minimum absolute atomic E-state index is 0.0996. The molecule has 1 aromatic rings. The second kappa shape index (κ2) is 7.81. The van der Waals surface area contributed by atoms with Crippen molar-refractivity contribution in [2.45, 2.75) is 57.6 Å². The zero-order valence-electron chi connectivity index (χ0n) is 13.7. The van der Waals surface area contributed by atoms with Crippen molar-refractivity contribution in [2.75, 3.05) is 20.3 Å². The Bertz CT molecular complexity index is 421. The number of nitrogens with one attached hydrogen (secondary N) is 1. The zero-order valence-corrected chi connectivity index (χ0v) is 13.7. The van der Waals surface area contributed by atoms with Gasteiger partial charge in [-0.15, -0.1) is 0 Å². The van der Waals surface area contributed by atoms with Gasteiger partial charge < -0.3 is 14.8 Å². The highest BCUT2D eigenvalue weighted by atomic mass is 16.5. The molecule has 0 bridgehead atoms. The fourth-order valence-corrected chi connectivity index (χ4v) is 3.64. The first kappa shape index (κ1) is 16.3. The highest BCUT2D eigenvalue weighted by Gasteiger charge is 2.42. The van der Waals surface area contributed by atoms with E-state index in [0.29, 0.717) is 0 Å². The number of hydrogen-bond acceptors (Lipinski definition) is 3. The standard InChI is InChI=1S/C18H29NO2/c1-4-19-17(15-11-7-8-12-16(15)20-3)18(21-5-2)13-9-6-10-14-18/h7-8,11-12,17,19H,4-6,9-10,13-14H2,1-3H3. The van der Waals surface area contributed by atoms with E-state index >= 15 is 0 Å². The summed E-state index contributed by atoms with van der Waals surface area (Å²) in [5.41, 5.74) is 1.12. The summed E-state index contributed by atoms with van der Waals surface area (Å²) < 4.78 is 11.9. The first-order chi connectivity index (χ1) is 10.3. The van der Waals surface area contributed by atoms with Gasteiger partial charge in [-0.1, -0.05) is 44.4 Å². The Morgan fingerprint density at radius 2 is 1.86 bits per heavy atom. The molecule has 3 heteroatoms. The van der Waals surface area contributed by atoms with Crippen molar-refractivity contribution in [3.05, 3.63) is 29.8 Å². The maximum absolute atomic E-state index is 6.32. The van der Waals surface area contributed by atoms with E-state index in [1.54, 1.807) is 7.11 Å². The molecule has 2 rings (SSSR count). The molecule has 0 spiro atoms. The summed E-state index contributed by atoms with van der Waals surface area (Å²) in [5, 5.41) is 3.66. The molecular weight excluding hydrogens is 262 g/mol. The quantitative estimate of drug-likeness (QED) is 0.821. The third kappa shape index (κ3) is 3.58. The van der Waals surface area contributed by atoms with Crippen LogP contribution < -0.4 is 10.1 Å². The second-order valence-corrected chi connectivity index (χ2v) is 5.79. The number of methoxy groups -OCH3 is 1. The van der Waals surface area contributed by atoms with Crippen molar-refractivity contribution < 1.29 is 9.47 Å². The van der Waals surface area contributed by atoms with Crippen LogP contribution in [-0.2, 0) is 4.74 Å². The van der Waals surface area contributed by atoms with E-state index in [9.17, 15) is 0 Å². The maximum Gasteiger partial charge on any atom is 0.123 e. The van der Waals surface area contributed by atoms with Crippen LogP contribution in [0.1, 0.15) is 57.6 Å². The number of ether oxygens (including phenoxy) is 2. The van der Waals surface area contributed by atoms with E-state index in [0.717, 1.165) is 31.7 Å². The van der Waals surface area contributed by atoms with Gasteiger partial charge in [-0.3, -0.25) is 0 Å². The van der Waals surface area contributed by atoms with Gasteiger partial charge in [0.1, 0.15) is 5.75 Å². The molecule has 0 aliphatic heterocycles. The summed E-state index contributed by atoms with van der Waals surface area (Å²) in [6.45, 7) is 5.95. The molecular formula is C18H29NO2. The first-order valence-electron chi connectivity index (χ1n) is 8.27. The van der Waals surface area contributed by atoms with Gasteiger partial charge in [0.15, 0.2) is 0 Å². The SMILES string of the molecule is CCNC(c1ccccc1OC)C1(OCC)CCCCC1. The van der Waals surface area contributed by atoms with Gasteiger partial charge in [0.2, 0.25) is 0 Å². The second-order valence-electron chi connectivity index (χ2n) is 5.79. The Morgan fingerprint density at radius 1 is 1.14 bits per heavy atom. The molecule has 118 valence electrons. The van der Waals surface area contributed by atoms with Crippen LogP contribution in [0.15, 0.2) is 24.3 Å². The van der Waals surface area contributed by atoms with Crippen molar-refractivity contribution >= 4 is 0 Å². The number of para-hydroxylation sites is 1. The molecule has 3 nitrogen and oxygen atoms in total. The average Bonchev–Trinajstić information content (AvgIpc) is 2.53. The van der Waals surface area contributed by atoms with Gasteiger partial charge in [-0.25, -0.2) is 0 Å². The minimum Gasteiger partial charge on any atom is -0.496 e. The van der Waals surface area contributed by atoms with Crippen LogP contribution in [-0.4, -0.2) is 25.9 Å². The molecule has 1 aliphatic carbocycles. The monoisotopic (exact) mass is 291 g/mol. The van der Waals surface area contributed by atoms with E-state index < -0.39 is 0 Å².